The zero-order valence-corrected chi connectivity index (χ0v) is 15.1. The zero-order chi connectivity index (χ0) is 18.4. The number of carbonyl (C=O) groups excluding carboxylic acids is 1. The maximum absolute atomic E-state index is 13.7. The summed E-state index contributed by atoms with van der Waals surface area (Å²) in [7, 11) is 0. The van der Waals surface area contributed by atoms with Gasteiger partial charge >= 0.3 is 0 Å². The second-order valence-corrected chi connectivity index (χ2v) is 6.67. The lowest BCUT2D eigenvalue weighted by atomic mass is 10.1. The number of nitrogens with zero attached hydrogens (tertiary/aromatic N) is 2. The number of nitrogens with one attached hydrogen (secondary N) is 2. The van der Waals surface area contributed by atoms with Gasteiger partial charge < -0.3 is 5.32 Å². The molecule has 2 aromatic carbocycles. The van der Waals surface area contributed by atoms with Crippen molar-refractivity contribution in [2.24, 2.45) is 10.1 Å². The third kappa shape index (κ3) is 4.70. The fourth-order valence-electron chi connectivity index (χ4n) is 2.37. The summed E-state index contributed by atoms with van der Waals surface area (Å²) in [6.45, 7) is 1.97. The highest BCUT2D eigenvalue weighted by Gasteiger charge is 2.14. The van der Waals surface area contributed by atoms with Gasteiger partial charge in [-0.05, 0) is 36.2 Å². The number of rotatable bonds is 5. The van der Waals surface area contributed by atoms with E-state index in [1.54, 1.807) is 18.2 Å². The van der Waals surface area contributed by atoms with Crippen molar-refractivity contribution in [1.29, 1.82) is 0 Å². The minimum atomic E-state index is -0.363. The van der Waals surface area contributed by atoms with Crippen LogP contribution in [0.5, 0.6) is 0 Å². The molecule has 0 saturated carbocycles. The van der Waals surface area contributed by atoms with Crippen LogP contribution in [0.3, 0.4) is 0 Å². The predicted molar refractivity (Wildman–Crippen MR) is 106 cm³/mol. The molecule has 0 spiro atoms. The van der Waals surface area contributed by atoms with E-state index in [-0.39, 0.29) is 17.4 Å². The lowest BCUT2D eigenvalue weighted by molar-refractivity contribution is -0.116. The van der Waals surface area contributed by atoms with Gasteiger partial charge in [-0.25, -0.2) is 9.38 Å². The summed E-state index contributed by atoms with van der Waals surface area (Å²) >= 11 is 1.46. The SMILES string of the molecule is CCCC(=O)Nc1ccc(C2=NNC(=Nc3ccccc3F)SC2)cc1. The monoisotopic (exact) mass is 370 g/mol. The van der Waals surface area contributed by atoms with Crippen LogP contribution in [0.15, 0.2) is 58.6 Å². The minimum absolute atomic E-state index is 0.0153. The number of benzene rings is 2. The molecular weight excluding hydrogens is 351 g/mol. The van der Waals surface area contributed by atoms with Gasteiger partial charge in [0.15, 0.2) is 5.17 Å². The Hall–Kier alpha value is -2.67. The Labute approximate surface area is 155 Å². The molecule has 5 nitrogen and oxygen atoms in total. The van der Waals surface area contributed by atoms with Gasteiger partial charge in [-0.15, -0.1) is 0 Å². The molecule has 0 aliphatic carbocycles. The summed E-state index contributed by atoms with van der Waals surface area (Å²) in [6.07, 6.45) is 1.33. The fraction of sp³-hybridized carbons (Fsp3) is 0.211. The van der Waals surface area contributed by atoms with Gasteiger partial charge in [0.05, 0.1) is 5.71 Å². The molecule has 1 heterocycles. The number of hydrazone groups is 1. The lowest BCUT2D eigenvalue weighted by Gasteiger charge is -2.15. The van der Waals surface area contributed by atoms with Crippen molar-refractivity contribution in [2.75, 3.05) is 11.1 Å². The van der Waals surface area contributed by atoms with Gasteiger partial charge in [-0.3, -0.25) is 10.2 Å². The molecule has 134 valence electrons. The van der Waals surface area contributed by atoms with Crippen LogP contribution >= 0.6 is 11.8 Å². The van der Waals surface area contributed by atoms with Gasteiger partial charge in [0.2, 0.25) is 5.91 Å². The van der Waals surface area contributed by atoms with Crippen molar-refractivity contribution in [3.05, 3.63) is 59.9 Å². The second-order valence-electron chi connectivity index (χ2n) is 5.70. The molecule has 0 aromatic heterocycles. The van der Waals surface area contributed by atoms with E-state index in [1.807, 2.05) is 31.2 Å². The standard InChI is InChI=1S/C19H19FN4OS/c1-2-5-18(25)21-14-10-8-13(9-11-14)17-12-26-19(24-23-17)22-16-7-4-3-6-15(16)20/h3-4,6-11H,2,5,12H2,1H3,(H,21,25)(H,22,24). The maximum Gasteiger partial charge on any atom is 0.224 e. The number of para-hydroxylation sites is 1. The van der Waals surface area contributed by atoms with Crippen molar-refractivity contribution in [3.8, 4) is 0 Å². The fourth-order valence-corrected chi connectivity index (χ4v) is 3.15. The highest BCUT2D eigenvalue weighted by Crippen LogP contribution is 2.21. The van der Waals surface area contributed by atoms with E-state index in [0.717, 1.165) is 23.4 Å². The normalized spacial score (nSPS) is 15.3. The molecule has 26 heavy (non-hydrogen) atoms. The molecule has 0 saturated heterocycles. The minimum Gasteiger partial charge on any atom is -0.326 e. The van der Waals surface area contributed by atoms with Crippen molar-refractivity contribution in [3.63, 3.8) is 0 Å². The summed E-state index contributed by atoms with van der Waals surface area (Å²) in [5.74, 6) is 0.279. The Morgan fingerprint density at radius 1 is 1.27 bits per heavy atom. The van der Waals surface area contributed by atoms with Crippen LogP contribution in [-0.4, -0.2) is 22.5 Å². The van der Waals surface area contributed by atoms with Crippen molar-refractivity contribution < 1.29 is 9.18 Å². The molecule has 2 aromatic rings. The summed E-state index contributed by atoms with van der Waals surface area (Å²) in [5.41, 5.74) is 5.76. The second kappa shape index (κ2) is 8.62. The number of thioether (sulfide) groups is 1. The number of hydrogen-bond donors (Lipinski definition) is 2. The van der Waals surface area contributed by atoms with Gasteiger partial charge in [-0.2, -0.15) is 5.10 Å². The Bertz CT molecular complexity index is 849. The van der Waals surface area contributed by atoms with E-state index < -0.39 is 0 Å². The van der Waals surface area contributed by atoms with Gasteiger partial charge in [0, 0.05) is 17.9 Å². The van der Waals surface area contributed by atoms with Crippen molar-refractivity contribution in [1.82, 2.24) is 5.43 Å². The quantitative estimate of drug-likeness (QED) is 0.825. The van der Waals surface area contributed by atoms with Crippen LogP contribution in [-0.2, 0) is 4.79 Å². The first-order chi connectivity index (χ1) is 12.7. The number of halogens is 1. The summed E-state index contributed by atoms with van der Waals surface area (Å²) < 4.78 is 13.7. The number of hydrogen-bond acceptors (Lipinski definition) is 4. The highest BCUT2D eigenvalue weighted by molar-refractivity contribution is 8.14. The predicted octanol–water partition coefficient (Wildman–Crippen LogP) is 4.29. The molecule has 1 aliphatic heterocycles. The highest BCUT2D eigenvalue weighted by atomic mass is 32.2. The topological polar surface area (TPSA) is 65.8 Å². The van der Waals surface area contributed by atoms with Crippen LogP contribution in [0.25, 0.3) is 0 Å². The van der Waals surface area contributed by atoms with Gasteiger partial charge in [0.1, 0.15) is 11.5 Å². The van der Waals surface area contributed by atoms with Gasteiger partial charge in [-0.1, -0.05) is 43.0 Å². The Kier molecular flexibility index (Phi) is 6.01. The van der Waals surface area contributed by atoms with Crippen LogP contribution in [0.1, 0.15) is 25.3 Å². The van der Waals surface area contributed by atoms with Crippen LogP contribution in [0.4, 0.5) is 15.8 Å². The largest absolute Gasteiger partial charge is 0.326 e. The van der Waals surface area contributed by atoms with Gasteiger partial charge in [0.25, 0.3) is 0 Å². The molecular formula is C19H19FN4OS. The summed E-state index contributed by atoms with van der Waals surface area (Å²) in [6, 6.07) is 13.9. The first-order valence-electron chi connectivity index (χ1n) is 8.34. The smallest absolute Gasteiger partial charge is 0.224 e. The van der Waals surface area contributed by atoms with Crippen molar-refractivity contribution >= 4 is 39.9 Å². The molecule has 0 atom stereocenters. The van der Waals surface area contributed by atoms with Crippen LogP contribution in [0, 0.1) is 5.82 Å². The maximum atomic E-state index is 13.7. The summed E-state index contributed by atoms with van der Waals surface area (Å²) in [4.78, 5) is 15.9. The number of carbonyl (C=O) groups is 1. The number of amidine groups is 1. The molecule has 3 rings (SSSR count). The Morgan fingerprint density at radius 2 is 2.04 bits per heavy atom. The molecule has 2 N–H and O–H groups in total. The average Bonchev–Trinajstić information content (AvgIpc) is 2.65. The van der Waals surface area contributed by atoms with Crippen LogP contribution < -0.4 is 10.7 Å². The van der Waals surface area contributed by atoms with Crippen LogP contribution in [0.2, 0.25) is 0 Å². The molecule has 7 heteroatoms. The molecule has 0 fully saturated rings. The van der Waals surface area contributed by atoms with E-state index in [2.05, 4.69) is 20.8 Å². The Morgan fingerprint density at radius 3 is 2.69 bits per heavy atom. The number of amides is 1. The molecule has 0 radical (unpaired) electrons. The van der Waals surface area contributed by atoms with E-state index in [0.29, 0.717) is 17.3 Å². The first kappa shape index (κ1) is 18.1. The molecule has 1 aliphatic rings. The lowest BCUT2D eigenvalue weighted by Crippen LogP contribution is -2.25. The van der Waals surface area contributed by atoms with Crippen molar-refractivity contribution in [2.45, 2.75) is 19.8 Å². The molecule has 0 unspecified atom stereocenters. The first-order valence-corrected chi connectivity index (χ1v) is 9.33. The van der Waals surface area contributed by atoms with E-state index in [4.69, 9.17) is 0 Å². The Balaban J connectivity index is 1.65. The van der Waals surface area contributed by atoms with E-state index >= 15 is 0 Å². The van der Waals surface area contributed by atoms with E-state index in [9.17, 15) is 9.18 Å². The number of anilines is 1. The zero-order valence-electron chi connectivity index (χ0n) is 14.3. The molecule has 1 amide bonds. The molecule has 0 bridgehead atoms. The summed E-state index contributed by atoms with van der Waals surface area (Å²) in [5, 5.41) is 7.75. The third-order valence-corrected chi connectivity index (χ3v) is 4.56. The van der Waals surface area contributed by atoms with E-state index in [1.165, 1.54) is 17.8 Å². The average molecular weight is 370 g/mol. The number of aliphatic imine (C=N–C) groups is 1. The third-order valence-electron chi connectivity index (χ3n) is 3.69.